The minimum Gasteiger partial charge on any atom is -0.338 e. The summed E-state index contributed by atoms with van der Waals surface area (Å²) in [6.45, 7) is 4.31. The van der Waals surface area contributed by atoms with E-state index in [9.17, 15) is 4.79 Å². The number of rotatable bonds is 5. The Bertz CT molecular complexity index is 665. The van der Waals surface area contributed by atoms with Crippen molar-refractivity contribution in [3.63, 3.8) is 0 Å². The quantitative estimate of drug-likeness (QED) is 0.910. The highest BCUT2D eigenvalue weighted by atomic mass is 32.1. The van der Waals surface area contributed by atoms with Crippen LogP contribution in [0.1, 0.15) is 22.7 Å². The van der Waals surface area contributed by atoms with Gasteiger partial charge in [0.25, 0.3) is 0 Å². The maximum atomic E-state index is 12.2. The van der Waals surface area contributed by atoms with Crippen LogP contribution >= 0.6 is 11.3 Å². The van der Waals surface area contributed by atoms with Crippen molar-refractivity contribution >= 4 is 17.4 Å². The Morgan fingerprint density at radius 1 is 1.52 bits per heavy atom. The van der Waals surface area contributed by atoms with Crippen molar-refractivity contribution in [2.24, 2.45) is 13.0 Å². The van der Waals surface area contributed by atoms with E-state index in [0.717, 1.165) is 43.1 Å². The van der Waals surface area contributed by atoms with Crippen LogP contribution in [0.25, 0.3) is 0 Å². The van der Waals surface area contributed by atoms with E-state index in [2.05, 4.69) is 27.0 Å². The highest BCUT2D eigenvalue weighted by Crippen LogP contribution is 2.20. The van der Waals surface area contributed by atoms with Gasteiger partial charge in [0.1, 0.15) is 0 Å². The lowest BCUT2D eigenvalue weighted by Crippen LogP contribution is -2.39. The molecule has 124 valence electrons. The summed E-state index contributed by atoms with van der Waals surface area (Å²) in [6, 6.07) is 0.0469. The van der Waals surface area contributed by atoms with E-state index >= 15 is 0 Å². The number of thiazole rings is 1. The highest BCUT2D eigenvalue weighted by Gasteiger charge is 2.26. The number of nitrogens with zero attached hydrogens (tertiary/aromatic N) is 4. The van der Waals surface area contributed by atoms with Crippen LogP contribution in [0.5, 0.6) is 0 Å². The highest BCUT2D eigenvalue weighted by molar-refractivity contribution is 7.09. The maximum Gasteiger partial charge on any atom is 0.317 e. The third-order valence-corrected chi connectivity index (χ3v) is 5.00. The van der Waals surface area contributed by atoms with Crippen molar-refractivity contribution in [3.8, 4) is 0 Å². The Hall–Kier alpha value is -1.89. The SMILES string of the molecule is Cc1nc(CCNC(=O)N2CC[C@@H](Cc3cnn(C)c3)C2)cs1. The molecule has 7 heteroatoms. The number of nitrogens with one attached hydrogen (secondary N) is 1. The van der Waals surface area contributed by atoms with Crippen LogP contribution in [0.2, 0.25) is 0 Å². The molecule has 0 aliphatic carbocycles. The largest absolute Gasteiger partial charge is 0.338 e. The fourth-order valence-corrected chi connectivity index (χ4v) is 3.67. The van der Waals surface area contributed by atoms with Gasteiger partial charge in [0, 0.05) is 44.7 Å². The monoisotopic (exact) mass is 333 g/mol. The minimum atomic E-state index is 0.0469. The molecule has 0 radical (unpaired) electrons. The lowest BCUT2D eigenvalue weighted by Gasteiger charge is -2.17. The zero-order valence-corrected chi connectivity index (χ0v) is 14.5. The summed E-state index contributed by atoms with van der Waals surface area (Å²) in [5.41, 5.74) is 2.31. The first-order valence-electron chi connectivity index (χ1n) is 8.01. The van der Waals surface area contributed by atoms with Gasteiger partial charge < -0.3 is 10.2 Å². The van der Waals surface area contributed by atoms with Gasteiger partial charge in [0.05, 0.1) is 16.9 Å². The fraction of sp³-hybridized carbons (Fsp3) is 0.562. The standard InChI is InChI=1S/C16H23N5OS/c1-12-19-15(11-23-12)3-5-17-16(22)21-6-4-13(10-21)7-14-8-18-20(2)9-14/h8-9,11,13H,3-7,10H2,1-2H3,(H,17,22)/t13-/m0/s1. The van der Waals surface area contributed by atoms with E-state index in [1.165, 1.54) is 5.56 Å². The molecule has 1 fully saturated rings. The molecule has 1 saturated heterocycles. The molecule has 6 nitrogen and oxygen atoms in total. The Kier molecular flexibility index (Phi) is 4.95. The van der Waals surface area contributed by atoms with Gasteiger partial charge in [-0.15, -0.1) is 11.3 Å². The number of aryl methyl sites for hydroxylation is 2. The molecule has 1 aliphatic rings. The third kappa shape index (κ3) is 4.31. The molecule has 1 atom stereocenters. The second kappa shape index (κ2) is 7.12. The van der Waals surface area contributed by atoms with E-state index in [-0.39, 0.29) is 6.03 Å². The number of carbonyl (C=O) groups excluding carboxylic acids is 1. The number of aromatic nitrogens is 3. The Morgan fingerprint density at radius 3 is 3.09 bits per heavy atom. The molecule has 1 aliphatic heterocycles. The number of hydrogen-bond acceptors (Lipinski definition) is 4. The molecular formula is C16H23N5OS. The average molecular weight is 333 g/mol. The summed E-state index contributed by atoms with van der Waals surface area (Å²) in [6.07, 6.45) is 6.82. The number of carbonyl (C=O) groups is 1. The van der Waals surface area contributed by atoms with E-state index in [1.807, 2.05) is 29.7 Å². The number of likely N-dealkylation sites (tertiary alicyclic amines) is 1. The number of hydrogen-bond donors (Lipinski definition) is 1. The summed E-state index contributed by atoms with van der Waals surface area (Å²) in [7, 11) is 1.93. The lowest BCUT2D eigenvalue weighted by atomic mass is 10.0. The van der Waals surface area contributed by atoms with E-state index in [4.69, 9.17) is 0 Å². The second-order valence-corrected chi connectivity index (χ2v) is 7.23. The number of urea groups is 1. The van der Waals surface area contributed by atoms with Crippen molar-refractivity contribution in [2.75, 3.05) is 19.6 Å². The fourth-order valence-electron chi connectivity index (χ4n) is 3.03. The van der Waals surface area contributed by atoms with Gasteiger partial charge in [0.15, 0.2) is 0 Å². The van der Waals surface area contributed by atoms with Crippen molar-refractivity contribution in [1.29, 1.82) is 0 Å². The van der Waals surface area contributed by atoms with Gasteiger partial charge in [-0.25, -0.2) is 9.78 Å². The smallest absolute Gasteiger partial charge is 0.317 e. The van der Waals surface area contributed by atoms with Crippen LogP contribution in [-0.2, 0) is 19.9 Å². The zero-order chi connectivity index (χ0) is 16.2. The van der Waals surface area contributed by atoms with Gasteiger partial charge in [-0.3, -0.25) is 4.68 Å². The van der Waals surface area contributed by atoms with Crippen molar-refractivity contribution < 1.29 is 4.79 Å². The average Bonchev–Trinajstić information content (AvgIpc) is 3.22. The Balaban J connectivity index is 1.40. The molecule has 0 bridgehead atoms. The number of amides is 2. The first kappa shape index (κ1) is 16.0. The van der Waals surface area contributed by atoms with Crippen LogP contribution in [0, 0.1) is 12.8 Å². The van der Waals surface area contributed by atoms with Gasteiger partial charge in [-0.2, -0.15) is 5.10 Å². The summed E-state index contributed by atoms with van der Waals surface area (Å²) >= 11 is 1.65. The van der Waals surface area contributed by atoms with Crippen molar-refractivity contribution in [3.05, 3.63) is 34.0 Å². The first-order chi connectivity index (χ1) is 11.1. The predicted molar refractivity (Wildman–Crippen MR) is 90.5 cm³/mol. The van der Waals surface area contributed by atoms with Gasteiger partial charge in [-0.05, 0) is 31.2 Å². The normalized spacial score (nSPS) is 17.7. The van der Waals surface area contributed by atoms with Gasteiger partial charge in [-0.1, -0.05) is 0 Å². The minimum absolute atomic E-state index is 0.0469. The van der Waals surface area contributed by atoms with Crippen LogP contribution in [0.4, 0.5) is 4.79 Å². The molecule has 0 saturated carbocycles. The van der Waals surface area contributed by atoms with Crippen LogP contribution in [0.15, 0.2) is 17.8 Å². The zero-order valence-electron chi connectivity index (χ0n) is 13.7. The summed E-state index contributed by atoms with van der Waals surface area (Å²) in [5.74, 6) is 0.533. The van der Waals surface area contributed by atoms with Crippen molar-refractivity contribution in [1.82, 2.24) is 25.0 Å². The molecule has 2 aromatic rings. The summed E-state index contributed by atoms with van der Waals surface area (Å²) in [4.78, 5) is 18.6. The molecule has 0 spiro atoms. The molecule has 0 aromatic carbocycles. The maximum absolute atomic E-state index is 12.2. The third-order valence-electron chi connectivity index (χ3n) is 4.18. The lowest BCUT2D eigenvalue weighted by molar-refractivity contribution is 0.207. The van der Waals surface area contributed by atoms with E-state index < -0.39 is 0 Å². The Morgan fingerprint density at radius 2 is 2.39 bits per heavy atom. The molecule has 0 unspecified atom stereocenters. The Labute approximate surface area is 140 Å². The molecule has 1 N–H and O–H groups in total. The van der Waals surface area contributed by atoms with Gasteiger partial charge >= 0.3 is 6.03 Å². The first-order valence-corrected chi connectivity index (χ1v) is 8.89. The van der Waals surface area contributed by atoms with Crippen LogP contribution < -0.4 is 5.32 Å². The topological polar surface area (TPSA) is 63.1 Å². The second-order valence-electron chi connectivity index (χ2n) is 6.17. The summed E-state index contributed by atoms with van der Waals surface area (Å²) < 4.78 is 1.83. The predicted octanol–water partition coefficient (Wildman–Crippen LogP) is 2.00. The van der Waals surface area contributed by atoms with E-state index in [0.29, 0.717) is 12.5 Å². The molecule has 23 heavy (non-hydrogen) atoms. The molecule has 3 heterocycles. The van der Waals surface area contributed by atoms with E-state index in [1.54, 1.807) is 11.3 Å². The molecule has 2 aromatic heterocycles. The summed E-state index contributed by atoms with van der Waals surface area (Å²) in [5, 5.41) is 10.3. The van der Waals surface area contributed by atoms with Crippen LogP contribution in [0.3, 0.4) is 0 Å². The van der Waals surface area contributed by atoms with Crippen molar-refractivity contribution in [2.45, 2.75) is 26.2 Å². The molecule has 2 amide bonds. The molecular weight excluding hydrogens is 310 g/mol. The van der Waals surface area contributed by atoms with Crippen LogP contribution in [-0.4, -0.2) is 45.3 Å². The molecule has 3 rings (SSSR count). The van der Waals surface area contributed by atoms with Gasteiger partial charge in [0.2, 0.25) is 0 Å².